The van der Waals surface area contributed by atoms with E-state index in [1.165, 1.54) is 0 Å². The van der Waals surface area contributed by atoms with Crippen LogP contribution in [0.4, 0.5) is 5.69 Å². The molecule has 3 aromatic rings. The normalized spacial score (nSPS) is 10.9. The van der Waals surface area contributed by atoms with E-state index in [2.05, 4.69) is 50.1 Å². The number of carbonyl (C=O) groups excluding carboxylic acids is 1. The zero-order valence-corrected chi connectivity index (χ0v) is 18.1. The first kappa shape index (κ1) is 21.0. The van der Waals surface area contributed by atoms with Crippen LogP contribution >= 0.6 is 15.9 Å². The highest BCUT2D eigenvalue weighted by Crippen LogP contribution is 2.25. The van der Waals surface area contributed by atoms with Crippen LogP contribution in [-0.2, 0) is 6.54 Å². The number of benzene rings is 1. The Labute approximate surface area is 178 Å². The summed E-state index contributed by atoms with van der Waals surface area (Å²) in [6, 6.07) is 10.7. The van der Waals surface area contributed by atoms with E-state index in [9.17, 15) is 4.79 Å². The highest BCUT2D eigenvalue weighted by molar-refractivity contribution is 9.10. The van der Waals surface area contributed by atoms with E-state index in [4.69, 9.17) is 4.74 Å². The van der Waals surface area contributed by atoms with Crippen molar-refractivity contribution in [2.24, 2.45) is 0 Å². The number of amides is 1. The van der Waals surface area contributed by atoms with Gasteiger partial charge in [-0.05, 0) is 49.5 Å². The summed E-state index contributed by atoms with van der Waals surface area (Å²) in [6.07, 6.45) is 5.06. The molecule has 0 spiro atoms. The molecule has 1 amide bonds. The number of rotatable bonds is 9. The van der Waals surface area contributed by atoms with E-state index in [0.717, 1.165) is 30.7 Å². The van der Waals surface area contributed by atoms with Crippen LogP contribution in [0.15, 0.2) is 59.5 Å². The minimum absolute atomic E-state index is 0.251. The lowest BCUT2D eigenvalue weighted by Gasteiger charge is -2.17. The molecular formula is C21H24BrN5O2. The van der Waals surface area contributed by atoms with E-state index in [1.54, 1.807) is 36.7 Å². The molecule has 29 heavy (non-hydrogen) atoms. The second-order valence-electron chi connectivity index (χ2n) is 6.39. The molecule has 3 rings (SSSR count). The quantitative estimate of drug-likeness (QED) is 0.514. The topological polar surface area (TPSA) is 72.3 Å². The van der Waals surface area contributed by atoms with Crippen LogP contribution in [0.3, 0.4) is 0 Å². The first-order chi connectivity index (χ1) is 14.1. The largest absolute Gasteiger partial charge is 0.438 e. The average molecular weight is 458 g/mol. The lowest BCUT2D eigenvalue weighted by atomic mass is 10.2. The maximum absolute atomic E-state index is 12.8. The van der Waals surface area contributed by atoms with Crippen molar-refractivity contribution in [3.05, 3.63) is 65.0 Å². The van der Waals surface area contributed by atoms with Crippen molar-refractivity contribution in [2.45, 2.75) is 20.4 Å². The summed E-state index contributed by atoms with van der Waals surface area (Å²) in [5.41, 5.74) is 0.985. The standard InChI is InChI=1S/C21H24BrN5O2/c1-3-26(4-2)12-13-27-15-17(14-24-27)25-20(28)19-6-5-11-23-21(19)29-18-9-7-16(22)8-10-18/h5-11,14-15H,3-4,12-13H2,1-2H3,(H,25,28). The van der Waals surface area contributed by atoms with Gasteiger partial charge in [0.05, 0.1) is 18.4 Å². The maximum atomic E-state index is 12.8. The SMILES string of the molecule is CCN(CC)CCn1cc(NC(=O)c2cccnc2Oc2ccc(Br)cc2)cn1. The van der Waals surface area contributed by atoms with Crippen molar-refractivity contribution >= 4 is 27.5 Å². The Bertz CT molecular complexity index is 938. The molecule has 0 bridgehead atoms. The number of likely N-dealkylation sites (N-methyl/N-ethyl adjacent to an activating group) is 1. The number of nitrogens with zero attached hydrogens (tertiary/aromatic N) is 4. The summed E-state index contributed by atoms with van der Waals surface area (Å²) in [4.78, 5) is 19.3. The monoisotopic (exact) mass is 457 g/mol. The Morgan fingerprint density at radius 3 is 2.69 bits per heavy atom. The van der Waals surface area contributed by atoms with Gasteiger partial charge in [0.1, 0.15) is 11.3 Å². The molecule has 2 aromatic heterocycles. The maximum Gasteiger partial charge on any atom is 0.261 e. The van der Waals surface area contributed by atoms with Crippen LogP contribution in [0.2, 0.25) is 0 Å². The molecule has 8 heteroatoms. The van der Waals surface area contributed by atoms with Gasteiger partial charge in [-0.25, -0.2) is 4.98 Å². The summed E-state index contributed by atoms with van der Waals surface area (Å²) in [6.45, 7) is 7.96. The van der Waals surface area contributed by atoms with Gasteiger partial charge in [-0.2, -0.15) is 5.10 Å². The first-order valence-electron chi connectivity index (χ1n) is 9.53. The molecule has 0 aliphatic heterocycles. The summed E-state index contributed by atoms with van der Waals surface area (Å²) < 4.78 is 8.57. The molecule has 0 fully saturated rings. The smallest absolute Gasteiger partial charge is 0.261 e. The minimum Gasteiger partial charge on any atom is -0.438 e. The van der Waals surface area contributed by atoms with Crippen molar-refractivity contribution in [2.75, 3.05) is 25.0 Å². The number of anilines is 1. The highest BCUT2D eigenvalue weighted by atomic mass is 79.9. The molecule has 2 heterocycles. The lowest BCUT2D eigenvalue weighted by molar-refractivity contribution is 0.102. The number of nitrogens with one attached hydrogen (secondary N) is 1. The molecule has 152 valence electrons. The molecular weight excluding hydrogens is 434 g/mol. The molecule has 0 unspecified atom stereocenters. The fourth-order valence-electron chi connectivity index (χ4n) is 2.79. The van der Waals surface area contributed by atoms with Crippen molar-refractivity contribution in [3.8, 4) is 11.6 Å². The Morgan fingerprint density at radius 1 is 1.21 bits per heavy atom. The van der Waals surface area contributed by atoms with E-state index in [1.807, 2.05) is 23.0 Å². The molecule has 0 saturated heterocycles. The molecule has 0 aliphatic rings. The molecule has 0 saturated carbocycles. The Morgan fingerprint density at radius 2 is 1.97 bits per heavy atom. The third-order valence-electron chi connectivity index (χ3n) is 4.47. The van der Waals surface area contributed by atoms with E-state index >= 15 is 0 Å². The van der Waals surface area contributed by atoms with Crippen molar-refractivity contribution < 1.29 is 9.53 Å². The van der Waals surface area contributed by atoms with Crippen molar-refractivity contribution in [1.29, 1.82) is 0 Å². The number of carbonyl (C=O) groups is 1. The van der Waals surface area contributed by atoms with Gasteiger partial charge in [0.25, 0.3) is 5.91 Å². The average Bonchev–Trinajstić information content (AvgIpc) is 3.18. The summed E-state index contributed by atoms with van der Waals surface area (Å²) >= 11 is 3.39. The predicted molar refractivity (Wildman–Crippen MR) is 116 cm³/mol. The highest BCUT2D eigenvalue weighted by Gasteiger charge is 2.15. The van der Waals surface area contributed by atoms with Gasteiger partial charge in [-0.3, -0.25) is 9.48 Å². The summed E-state index contributed by atoms with van der Waals surface area (Å²) in [5.74, 6) is 0.555. The van der Waals surface area contributed by atoms with Gasteiger partial charge in [0.2, 0.25) is 5.88 Å². The Balaban J connectivity index is 1.66. The van der Waals surface area contributed by atoms with Crippen LogP contribution < -0.4 is 10.1 Å². The number of halogens is 1. The van der Waals surface area contributed by atoms with Crippen LogP contribution in [-0.4, -0.2) is 45.2 Å². The van der Waals surface area contributed by atoms with Gasteiger partial charge in [0, 0.05) is 23.4 Å². The second kappa shape index (κ2) is 10.2. The number of hydrogen-bond acceptors (Lipinski definition) is 5. The molecule has 1 aromatic carbocycles. The number of hydrogen-bond donors (Lipinski definition) is 1. The molecule has 0 atom stereocenters. The zero-order chi connectivity index (χ0) is 20.6. The van der Waals surface area contributed by atoms with Crippen molar-refractivity contribution in [3.63, 3.8) is 0 Å². The van der Waals surface area contributed by atoms with Crippen LogP contribution in [0.1, 0.15) is 24.2 Å². The van der Waals surface area contributed by atoms with Gasteiger partial charge >= 0.3 is 0 Å². The zero-order valence-electron chi connectivity index (χ0n) is 16.5. The number of aromatic nitrogens is 3. The molecule has 0 aliphatic carbocycles. The number of ether oxygens (including phenoxy) is 1. The third kappa shape index (κ3) is 5.88. The Hall–Kier alpha value is -2.71. The van der Waals surface area contributed by atoms with Crippen molar-refractivity contribution in [1.82, 2.24) is 19.7 Å². The van der Waals surface area contributed by atoms with E-state index < -0.39 is 0 Å². The summed E-state index contributed by atoms with van der Waals surface area (Å²) in [5, 5.41) is 7.19. The van der Waals surface area contributed by atoms with Gasteiger partial charge in [-0.1, -0.05) is 29.8 Å². The summed E-state index contributed by atoms with van der Waals surface area (Å²) in [7, 11) is 0. The van der Waals surface area contributed by atoms with Gasteiger partial charge < -0.3 is 15.0 Å². The van der Waals surface area contributed by atoms with Crippen LogP contribution in [0.5, 0.6) is 11.6 Å². The number of pyridine rings is 1. The van der Waals surface area contributed by atoms with E-state index in [-0.39, 0.29) is 11.8 Å². The van der Waals surface area contributed by atoms with Gasteiger partial charge in [0.15, 0.2) is 0 Å². The first-order valence-corrected chi connectivity index (χ1v) is 10.3. The molecule has 0 radical (unpaired) electrons. The van der Waals surface area contributed by atoms with Crippen LogP contribution in [0.25, 0.3) is 0 Å². The van der Waals surface area contributed by atoms with Crippen LogP contribution in [0, 0.1) is 0 Å². The van der Waals surface area contributed by atoms with Gasteiger partial charge in [-0.15, -0.1) is 0 Å². The lowest BCUT2D eigenvalue weighted by Crippen LogP contribution is -2.27. The third-order valence-corrected chi connectivity index (χ3v) is 5.00. The Kier molecular flexibility index (Phi) is 7.37. The molecule has 7 nitrogen and oxygen atoms in total. The predicted octanol–water partition coefficient (Wildman–Crippen LogP) is 4.43. The molecule has 1 N–H and O–H groups in total. The fourth-order valence-corrected chi connectivity index (χ4v) is 3.06. The van der Waals surface area contributed by atoms with E-state index in [0.29, 0.717) is 17.0 Å². The second-order valence-corrected chi connectivity index (χ2v) is 7.30. The fraction of sp³-hybridized carbons (Fsp3) is 0.286. The minimum atomic E-state index is -0.298.